The van der Waals surface area contributed by atoms with E-state index in [-0.39, 0.29) is 24.2 Å². The van der Waals surface area contributed by atoms with Crippen molar-refractivity contribution in [3.05, 3.63) is 58.6 Å². The maximum absolute atomic E-state index is 12.6. The summed E-state index contributed by atoms with van der Waals surface area (Å²) in [5.74, 6) is 0.152. The lowest BCUT2D eigenvalue weighted by atomic mass is 9.97. The Bertz CT molecular complexity index is 876. The summed E-state index contributed by atoms with van der Waals surface area (Å²) >= 11 is 3.63. The molecule has 3 rings (SSSR count). The van der Waals surface area contributed by atoms with Gasteiger partial charge in [-0.3, -0.25) is 9.69 Å². The van der Waals surface area contributed by atoms with E-state index in [1.807, 2.05) is 56.3 Å². The van der Waals surface area contributed by atoms with Gasteiger partial charge in [-0.25, -0.2) is 0 Å². The fourth-order valence-corrected chi connectivity index (χ4v) is 3.28. The number of rotatable bonds is 3. The molecule has 2 nitrogen and oxygen atoms in total. The van der Waals surface area contributed by atoms with Crippen LogP contribution in [0.5, 0.6) is 0 Å². The second kappa shape index (κ2) is 7.00. The van der Waals surface area contributed by atoms with Crippen molar-refractivity contribution in [2.24, 2.45) is 0 Å². The maximum atomic E-state index is 12.6. The fraction of sp³-hybridized carbons (Fsp3) is 0.211. The van der Waals surface area contributed by atoms with Gasteiger partial charge in [-0.05, 0) is 54.7 Å². The number of likely N-dealkylation sites (N-methyl/N-ethyl adjacent to an activating group) is 1. The third-order valence-corrected chi connectivity index (χ3v) is 4.90. The number of Topliss-reactive ketones (excluding diaryl/α,β-unsaturated/α-hetero) is 1. The normalized spacial score (nSPS) is 12.4. The molecule has 0 spiro atoms. The van der Waals surface area contributed by atoms with Crippen LogP contribution >= 0.6 is 28.3 Å². The van der Waals surface area contributed by atoms with Crippen LogP contribution in [0.4, 0.5) is 0 Å². The smallest absolute Gasteiger partial charge is 0.179 e. The van der Waals surface area contributed by atoms with Gasteiger partial charge in [0.25, 0.3) is 0 Å². The van der Waals surface area contributed by atoms with Crippen LogP contribution in [0.25, 0.3) is 21.5 Å². The summed E-state index contributed by atoms with van der Waals surface area (Å²) < 4.78 is 1.08. The van der Waals surface area contributed by atoms with E-state index in [2.05, 4.69) is 34.1 Å². The number of nitrogens with zero attached hydrogens (tertiary/aromatic N) is 1. The largest absolute Gasteiger partial charge is 0.300 e. The van der Waals surface area contributed by atoms with Gasteiger partial charge in [0.15, 0.2) is 5.78 Å². The van der Waals surface area contributed by atoms with Crippen LogP contribution in [0, 0.1) is 0 Å². The topological polar surface area (TPSA) is 20.3 Å². The van der Waals surface area contributed by atoms with Gasteiger partial charge < -0.3 is 0 Å². The number of ketones is 1. The van der Waals surface area contributed by atoms with E-state index < -0.39 is 0 Å². The molecular formula is C19H19BrClNO. The van der Waals surface area contributed by atoms with E-state index in [0.717, 1.165) is 20.8 Å². The SMILES string of the molecule is CC(C(=O)c1ccc2cc(Br)c3ccccc3c2c1)N(C)C.Cl. The minimum absolute atomic E-state index is 0. The van der Waals surface area contributed by atoms with Crippen molar-refractivity contribution in [3.63, 3.8) is 0 Å². The van der Waals surface area contributed by atoms with Gasteiger partial charge in [0.2, 0.25) is 0 Å². The van der Waals surface area contributed by atoms with Gasteiger partial charge >= 0.3 is 0 Å². The van der Waals surface area contributed by atoms with Crippen LogP contribution in [-0.4, -0.2) is 30.8 Å². The first-order valence-electron chi connectivity index (χ1n) is 7.30. The van der Waals surface area contributed by atoms with Crippen LogP contribution in [0.1, 0.15) is 17.3 Å². The number of hydrogen-bond acceptors (Lipinski definition) is 2. The molecule has 0 radical (unpaired) electrons. The second-order valence-corrected chi connectivity index (χ2v) is 6.70. The lowest BCUT2D eigenvalue weighted by Crippen LogP contribution is -2.32. The number of carbonyl (C=O) groups excluding carboxylic acids is 1. The zero-order valence-electron chi connectivity index (χ0n) is 13.3. The lowest BCUT2D eigenvalue weighted by molar-refractivity contribution is 0.0891. The Balaban J connectivity index is 0.00000192. The Morgan fingerprint density at radius 2 is 1.65 bits per heavy atom. The molecule has 0 aromatic heterocycles. The van der Waals surface area contributed by atoms with Crippen LogP contribution in [0.2, 0.25) is 0 Å². The molecule has 0 aliphatic heterocycles. The Morgan fingerprint density at radius 3 is 2.30 bits per heavy atom. The minimum atomic E-state index is -0.126. The summed E-state index contributed by atoms with van der Waals surface area (Å²) in [7, 11) is 3.85. The average molecular weight is 393 g/mol. The van der Waals surface area contributed by atoms with E-state index in [1.54, 1.807) is 0 Å². The van der Waals surface area contributed by atoms with Crippen molar-refractivity contribution < 1.29 is 4.79 Å². The Labute approximate surface area is 151 Å². The summed E-state index contributed by atoms with van der Waals surface area (Å²) in [5.41, 5.74) is 0.765. The van der Waals surface area contributed by atoms with Crippen molar-refractivity contribution in [1.29, 1.82) is 0 Å². The first-order chi connectivity index (χ1) is 10.5. The molecule has 23 heavy (non-hydrogen) atoms. The number of fused-ring (bicyclic) bond motifs is 3. The summed E-state index contributed by atoms with van der Waals surface area (Å²) in [6.07, 6.45) is 0. The van der Waals surface area contributed by atoms with Crippen molar-refractivity contribution >= 4 is 55.7 Å². The molecule has 4 heteroatoms. The molecule has 0 amide bonds. The van der Waals surface area contributed by atoms with Crippen LogP contribution in [-0.2, 0) is 0 Å². The third-order valence-electron chi connectivity index (χ3n) is 4.25. The molecule has 0 heterocycles. The standard InChI is InChI=1S/C19H18BrNO.ClH/c1-12(21(2)3)19(22)14-9-8-13-11-18(20)16-7-5-4-6-15(16)17(13)10-14;/h4-12H,1-3H3;1H. The maximum Gasteiger partial charge on any atom is 0.179 e. The van der Waals surface area contributed by atoms with Gasteiger partial charge in [0, 0.05) is 10.0 Å². The molecule has 1 atom stereocenters. The highest BCUT2D eigenvalue weighted by Gasteiger charge is 2.17. The van der Waals surface area contributed by atoms with E-state index >= 15 is 0 Å². The van der Waals surface area contributed by atoms with Crippen molar-refractivity contribution in [3.8, 4) is 0 Å². The molecule has 1 unspecified atom stereocenters. The zero-order valence-corrected chi connectivity index (χ0v) is 15.7. The van der Waals surface area contributed by atoms with Crippen LogP contribution in [0.3, 0.4) is 0 Å². The summed E-state index contributed by atoms with van der Waals surface area (Å²) in [6.45, 7) is 1.94. The molecule has 120 valence electrons. The van der Waals surface area contributed by atoms with E-state index in [1.165, 1.54) is 10.8 Å². The fourth-order valence-electron chi connectivity index (χ4n) is 2.68. The second-order valence-electron chi connectivity index (χ2n) is 5.84. The Kier molecular flexibility index (Phi) is 5.45. The molecular weight excluding hydrogens is 374 g/mol. The highest BCUT2D eigenvalue weighted by molar-refractivity contribution is 9.10. The van der Waals surface area contributed by atoms with Gasteiger partial charge in [-0.1, -0.05) is 52.3 Å². The Morgan fingerprint density at radius 1 is 1.00 bits per heavy atom. The molecule has 0 bridgehead atoms. The quantitative estimate of drug-likeness (QED) is 0.445. The van der Waals surface area contributed by atoms with Crippen LogP contribution < -0.4 is 0 Å². The highest BCUT2D eigenvalue weighted by atomic mass is 79.9. The molecule has 3 aromatic carbocycles. The van der Waals surface area contributed by atoms with E-state index in [0.29, 0.717) is 0 Å². The van der Waals surface area contributed by atoms with Crippen molar-refractivity contribution in [2.45, 2.75) is 13.0 Å². The van der Waals surface area contributed by atoms with Gasteiger partial charge in [-0.2, -0.15) is 0 Å². The molecule has 0 aliphatic carbocycles. The van der Waals surface area contributed by atoms with Crippen molar-refractivity contribution in [1.82, 2.24) is 4.90 Å². The van der Waals surface area contributed by atoms with Gasteiger partial charge in [-0.15, -0.1) is 12.4 Å². The number of halogens is 2. The number of benzene rings is 3. The molecule has 0 aliphatic rings. The zero-order chi connectivity index (χ0) is 15.9. The molecule has 3 aromatic rings. The van der Waals surface area contributed by atoms with Crippen LogP contribution in [0.15, 0.2) is 53.0 Å². The van der Waals surface area contributed by atoms with E-state index in [9.17, 15) is 4.79 Å². The minimum Gasteiger partial charge on any atom is -0.300 e. The first kappa shape index (κ1) is 17.9. The number of carbonyl (C=O) groups is 1. The molecule has 0 saturated carbocycles. The molecule has 0 fully saturated rings. The summed E-state index contributed by atoms with van der Waals surface area (Å²) in [5, 5.41) is 4.59. The summed E-state index contributed by atoms with van der Waals surface area (Å²) in [6, 6.07) is 16.2. The van der Waals surface area contributed by atoms with Gasteiger partial charge in [0.1, 0.15) is 0 Å². The summed E-state index contributed by atoms with van der Waals surface area (Å²) in [4.78, 5) is 14.5. The average Bonchev–Trinajstić information content (AvgIpc) is 2.53. The molecule has 0 N–H and O–H groups in total. The van der Waals surface area contributed by atoms with Gasteiger partial charge in [0.05, 0.1) is 6.04 Å². The number of hydrogen-bond donors (Lipinski definition) is 0. The highest BCUT2D eigenvalue weighted by Crippen LogP contribution is 2.32. The predicted molar refractivity (Wildman–Crippen MR) is 104 cm³/mol. The first-order valence-corrected chi connectivity index (χ1v) is 8.10. The van der Waals surface area contributed by atoms with E-state index in [4.69, 9.17) is 0 Å². The van der Waals surface area contributed by atoms with Crippen molar-refractivity contribution in [2.75, 3.05) is 14.1 Å². The predicted octanol–water partition coefficient (Wildman–Crippen LogP) is 5.31. The molecule has 0 saturated heterocycles. The Hall–Kier alpha value is -1.42. The monoisotopic (exact) mass is 391 g/mol. The third kappa shape index (κ3) is 3.27. The lowest BCUT2D eigenvalue weighted by Gasteiger charge is -2.18.